The fourth-order valence-corrected chi connectivity index (χ4v) is 20.8. The summed E-state index contributed by atoms with van der Waals surface area (Å²) in [6, 6.07) is 135. The molecule has 0 radical (unpaired) electrons. The van der Waals surface area contributed by atoms with Crippen LogP contribution in [-0.2, 0) is 32.5 Å². The van der Waals surface area contributed by atoms with Crippen molar-refractivity contribution in [2.45, 2.75) is 143 Å². The molecule has 2 heterocycles. The second-order valence-corrected chi connectivity index (χ2v) is 40.1. The average Bonchev–Trinajstić information content (AvgIpc) is 1.42. The van der Waals surface area contributed by atoms with E-state index in [1.54, 1.807) is 0 Å². The summed E-state index contributed by atoms with van der Waals surface area (Å²) in [5, 5.41) is 9.39. The van der Waals surface area contributed by atoms with Crippen LogP contribution in [-0.4, -0.2) is 9.13 Å². The zero-order valence-electron chi connectivity index (χ0n) is 74.3. The summed E-state index contributed by atoms with van der Waals surface area (Å²) in [5.41, 5.74) is 37.0. The van der Waals surface area contributed by atoms with Crippen molar-refractivity contribution in [2.24, 2.45) is 0 Å². The Morgan fingerprint density at radius 2 is 0.532 bits per heavy atom. The Kier molecular flexibility index (Phi) is 17.9. The molecule has 0 saturated carbocycles. The first kappa shape index (κ1) is 77.8. The van der Waals surface area contributed by atoms with Crippen molar-refractivity contribution in [3.63, 3.8) is 0 Å². The summed E-state index contributed by atoms with van der Waals surface area (Å²) in [4.78, 5) is 5.26. The Bertz CT molecular complexity index is 7030. The van der Waals surface area contributed by atoms with Crippen LogP contribution < -0.4 is 9.80 Å². The smallest absolute Gasteiger partial charge is 0.0782 e. The third-order valence-electron chi connectivity index (χ3n) is 27.4. The molecule has 0 spiro atoms. The van der Waals surface area contributed by atoms with E-state index in [-0.39, 0.29) is 32.5 Å². The molecule has 2 aromatic heterocycles. The van der Waals surface area contributed by atoms with E-state index in [9.17, 15) is 0 Å². The lowest BCUT2D eigenvalue weighted by Gasteiger charge is -2.33. The first-order chi connectivity index (χ1) is 59.6. The average molecular weight is 1600 g/mol. The molecule has 2 aliphatic rings. The van der Waals surface area contributed by atoms with Crippen LogP contribution in [0.15, 0.2) is 352 Å². The summed E-state index contributed by atoms with van der Waals surface area (Å²) in [7, 11) is 0. The zero-order chi connectivity index (χ0) is 85.4. The van der Waals surface area contributed by atoms with Gasteiger partial charge in [-0.2, -0.15) is 0 Å². The van der Waals surface area contributed by atoms with Crippen LogP contribution >= 0.6 is 0 Å². The van der Waals surface area contributed by atoms with Gasteiger partial charge in [0.25, 0.3) is 0 Å². The maximum atomic E-state index is 2.63. The van der Waals surface area contributed by atoms with Gasteiger partial charge in [0.1, 0.15) is 0 Å². The van der Waals surface area contributed by atoms with Gasteiger partial charge in [0, 0.05) is 66.5 Å². The van der Waals surface area contributed by atoms with Crippen LogP contribution in [0.2, 0.25) is 0 Å². The minimum Gasteiger partial charge on any atom is -0.308 e. The van der Waals surface area contributed by atoms with Crippen molar-refractivity contribution in [3.05, 3.63) is 396 Å². The molecule has 4 heteroatoms. The summed E-state index contributed by atoms with van der Waals surface area (Å²) in [6.45, 7) is 38.1. The molecule has 17 aromatic carbocycles. The zero-order valence-corrected chi connectivity index (χ0v) is 74.3. The second kappa shape index (κ2) is 28.5. The lowest BCUT2D eigenvalue weighted by Crippen LogP contribution is -2.19. The number of hydrogen-bond donors (Lipinski definition) is 0. The molecule has 0 N–H and O–H groups in total. The summed E-state index contributed by atoms with van der Waals surface area (Å²) in [6.07, 6.45) is 0. The molecule has 0 bridgehead atoms. The first-order valence-corrected chi connectivity index (χ1v) is 44.4. The van der Waals surface area contributed by atoms with Crippen molar-refractivity contribution in [3.8, 4) is 78.1 Å². The van der Waals surface area contributed by atoms with Gasteiger partial charge >= 0.3 is 0 Å². The molecule has 0 saturated heterocycles. The van der Waals surface area contributed by atoms with Crippen LogP contribution in [0.1, 0.15) is 155 Å². The van der Waals surface area contributed by atoms with E-state index in [0.717, 1.165) is 123 Å². The predicted octanol–water partition coefficient (Wildman–Crippen LogP) is 33.6. The minimum absolute atomic E-state index is 0.204. The van der Waals surface area contributed by atoms with Crippen LogP contribution in [0, 0.1) is 0 Å². The molecule has 4 nitrogen and oxygen atoms in total. The van der Waals surface area contributed by atoms with E-state index in [2.05, 4.69) is 482 Å². The highest BCUT2D eigenvalue weighted by Crippen LogP contribution is 2.58. The number of fused-ring (bicyclic) bond motifs is 14. The van der Waals surface area contributed by atoms with E-state index >= 15 is 0 Å². The molecule has 0 fully saturated rings. The number of anilines is 6. The molecular weight excluding hydrogens is 1500 g/mol. The number of rotatable bonds is 12. The number of nitrogens with zero attached hydrogens (tertiary/aromatic N) is 4. The SMILES string of the molecule is CC(C)(C)c1cc(N(c2ccc3c(-c4ccccc4-c4ccccc4)c4cc(N(c5cc(C(C)(C)C)cc(C(C)(C)C)c5)c5cccc6c7cc8c(cc7n(-c7ccccc7)c56)C(C)(C)c5ccccc5-8)ccc4c(-c4ccccc4-c4ccccc4)c3c2)c2cccc3c4cc5c(cc4n(-c4ccccc4)c23)C(C)(C)c2ccccc2-5)cc(C(C)(C)C)c1. The van der Waals surface area contributed by atoms with Crippen LogP contribution in [0.4, 0.5) is 34.1 Å². The highest BCUT2D eigenvalue weighted by atomic mass is 15.2. The van der Waals surface area contributed by atoms with Crippen molar-refractivity contribution in [2.75, 3.05) is 9.80 Å². The molecule has 124 heavy (non-hydrogen) atoms. The van der Waals surface area contributed by atoms with Crippen molar-refractivity contribution in [1.29, 1.82) is 0 Å². The standard InChI is InChI=1S/C120H106N4/c1-115(2,3)77-63-78(116(4,5)6)66-85(65-77)121(107-57-37-53-95-99-71-97-89-49-33-35-55-103(89)119(13,14)105(97)73-109(99)123(113(95)107)81-43-25-19-26-44-81)83-59-61-93-101(69-83)111(91-51-31-29-47-87(91)75-39-21-17-22-40-75)94-62-60-84(70-102(94)112(93)92-52-32-30-48-88(92)76-41-23-18-24-42-76)122(86-67-79(117(7,8)9)64-80(68-86)118(10,11)12)108-58-38-54-96-100-72-98-90-50-34-36-56-104(90)120(15,16)106(98)74-110(100)124(114(96)108)82-45-27-20-28-46-82/h17-74H,1-16H3. The molecule has 606 valence electrons. The Morgan fingerprint density at radius 3 is 0.879 bits per heavy atom. The van der Waals surface area contributed by atoms with Gasteiger partial charge in [-0.05, 0) is 264 Å². The van der Waals surface area contributed by atoms with E-state index in [0.29, 0.717) is 0 Å². The molecule has 0 amide bonds. The molecule has 21 rings (SSSR count). The Hall–Kier alpha value is -13.5. The summed E-state index contributed by atoms with van der Waals surface area (Å²) in [5.74, 6) is 0. The number of benzene rings is 17. The Labute approximate surface area is 731 Å². The van der Waals surface area contributed by atoms with Crippen molar-refractivity contribution in [1.82, 2.24) is 9.13 Å². The van der Waals surface area contributed by atoms with Gasteiger partial charge in [0.15, 0.2) is 0 Å². The van der Waals surface area contributed by atoms with Crippen molar-refractivity contribution >= 4 is 99.3 Å². The summed E-state index contributed by atoms with van der Waals surface area (Å²) < 4.78 is 5.16. The number of para-hydroxylation sites is 4. The van der Waals surface area contributed by atoms with E-state index in [1.807, 2.05) is 0 Å². The lowest BCUT2D eigenvalue weighted by molar-refractivity contribution is 0.568. The highest BCUT2D eigenvalue weighted by molar-refractivity contribution is 6.26. The van der Waals surface area contributed by atoms with Gasteiger partial charge in [0.05, 0.1) is 33.4 Å². The maximum Gasteiger partial charge on any atom is 0.0782 e. The van der Waals surface area contributed by atoms with Gasteiger partial charge in [-0.25, -0.2) is 0 Å². The molecule has 0 atom stereocenters. The predicted molar refractivity (Wildman–Crippen MR) is 531 cm³/mol. The lowest BCUT2D eigenvalue weighted by atomic mass is 9.80. The molecule has 0 unspecified atom stereocenters. The van der Waals surface area contributed by atoms with Gasteiger partial charge < -0.3 is 18.9 Å². The van der Waals surface area contributed by atoms with E-state index in [4.69, 9.17) is 0 Å². The first-order valence-electron chi connectivity index (χ1n) is 44.4. The second-order valence-electron chi connectivity index (χ2n) is 40.1. The number of aromatic nitrogens is 2. The third-order valence-corrected chi connectivity index (χ3v) is 27.4. The quantitative estimate of drug-likeness (QED) is 0.113. The Morgan fingerprint density at radius 1 is 0.218 bits per heavy atom. The minimum atomic E-state index is -0.224. The van der Waals surface area contributed by atoms with Crippen LogP contribution in [0.25, 0.3) is 143 Å². The molecule has 2 aliphatic carbocycles. The van der Waals surface area contributed by atoms with Gasteiger partial charge in [-0.3, -0.25) is 0 Å². The maximum absolute atomic E-state index is 2.63. The van der Waals surface area contributed by atoms with Crippen molar-refractivity contribution < 1.29 is 0 Å². The molecule has 0 aliphatic heterocycles. The topological polar surface area (TPSA) is 16.3 Å². The van der Waals surface area contributed by atoms with Gasteiger partial charge in [0.2, 0.25) is 0 Å². The third kappa shape index (κ3) is 12.5. The highest BCUT2D eigenvalue weighted by Gasteiger charge is 2.40. The van der Waals surface area contributed by atoms with Crippen LogP contribution in [0.5, 0.6) is 0 Å². The molecular formula is C120H106N4. The normalized spacial score (nSPS) is 13.6. The number of hydrogen-bond acceptors (Lipinski definition) is 2. The molecule has 19 aromatic rings. The van der Waals surface area contributed by atoms with Gasteiger partial charge in [-0.15, -0.1) is 0 Å². The van der Waals surface area contributed by atoms with E-state index < -0.39 is 0 Å². The van der Waals surface area contributed by atoms with Crippen LogP contribution in [0.3, 0.4) is 0 Å². The van der Waals surface area contributed by atoms with E-state index in [1.165, 1.54) is 99.3 Å². The summed E-state index contributed by atoms with van der Waals surface area (Å²) >= 11 is 0. The fraction of sp³-hybridized carbons (Fsp3) is 0.183. The monoisotopic (exact) mass is 1600 g/mol. The fourth-order valence-electron chi connectivity index (χ4n) is 20.8. The van der Waals surface area contributed by atoms with Gasteiger partial charge in [-0.1, -0.05) is 353 Å². The largest absolute Gasteiger partial charge is 0.308 e. The Balaban J connectivity index is 0.915.